The first-order valence-corrected chi connectivity index (χ1v) is 7.44. The number of methoxy groups -OCH3 is 2. The number of pyridine rings is 1. The van der Waals surface area contributed by atoms with E-state index in [0.717, 1.165) is 0 Å². The van der Waals surface area contributed by atoms with E-state index in [1.165, 1.54) is 11.8 Å². The molecule has 1 N–H and O–H groups in total. The van der Waals surface area contributed by atoms with E-state index in [4.69, 9.17) is 9.47 Å². The molecule has 0 aliphatic carbocycles. The van der Waals surface area contributed by atoms with Gasteiger partial charge in [0.05, 0.1) is 25.5 Å². The van der Waals surface area contributed by atoms with Gasteiger partial charge in [0.25, 0.3) is 5.91 Å². The van der Waals surface area contributed by atoms with Crippen LogP contribution in [0.4, 0.5) is 5.69 Å². The van der Waals surface area contributed by atoms with Crippen molar-refractivity contribution in [2.75, 3.05) is 25.8 Å². The van der Waals surface area contributed by atoms with Crippen LogP contribution in [-0.2, 0) is 0 Å². The summed E-state index contributed by atoms with van der Waals surface area (Å²) >= 11 is 1.43. The summed E-state index contributed by atoms with van der Waals surface area (Å²) in [7, 11) is 3.12. The summed E-state index contributed by atoms with van der Waals surface area (Å²) in [5.74, 6) is 0.976. The van der Waals surface area contributed by atoms with Crippen molar-refractivity contribution < 1.29 is 14.3 Å². The molecule has 0 unspecified atom stereocenters. The highest BCUT2D eigenvalue weighted by Gasteiger charge is 2.14. The van der Waals surface area contributed by atoms with Gasteiger partial charge >= 0.3 is 0 Å². The number of amides is 1. The fourth-order valence-corrected chi connectivity index (χ4v) is 2.36. The van der Waals surface area contributed by atoms with E-state index in [0.29, 0.717) is 27.8 Å². The van der Waals surface area contributed by atoms with Crippen LogP contribution in [0.25, 0.3) is 0 Å². The van der Waals surface area contributed by atoms with Gasteiger partial charge in [0, 0.05) is 12.3 Å². The predicted octanol–water partition coefficient (Wildman–Crippen LogP) is 3.07. The molecule has 1 aromatic carbocycles. The fraction of sp³-hybridized carbons (Fsp3) is 0.200. The van der Waals surface area contributed by atoms with Crippen LogP contribution >= 0.6 is 11.8 Å². The van der Waals surface area contributed by atoms with Gasteiger partial charge in [0.2, 0.25) is 0 Å². The Morgan fingerprint density at radius 2 is 2.05 bits per heavy atom. The summed E-state index contributed by atoms with van der Waals surface area (Å²) in [6.45, 7) is 0. The molecule has 6 heteroatoms. The third-order valence-corrected chi connectivity index (χ3v) is 3.58. The molecule has 0 aliphatic heterocycles. The number of thioether (sulfide) groups is 1. The summed E-state index contributed by atoms with van der Waals surface area (Å²) in [6.07, 6.45) is 3.55. The van der Waals surface area contributed by atoms with E-state index < -0.39 is 0 Å². The van der Waals surface area contributed by atoms with E-state index in [2.05, 4.69) is 10.3 Å². The molecule has 0 spiro atoms. The van der Waals surface area contributed by atoms with Gasteiger partial charge in [-0.05, 0) is 30.5 Å². The minimum atomic E-state index is -0.226. The number of benzene rings is 1. The number of hydrogen-bond acceptors (Lipinski definition) is 5. The average Bonchev–Trinajstić information content (AvgIpc) is 2.55. The molecule has 0 fully saturated rings. The van der Waals surface area contributed by atoms with Crippen molar-refractivity contribution in [2.45, 2.75) is 5.03 Å². The summed E-state index contributed by atoms with van der Waals surface area (Å²) in [5.41, 5.74) is 1.11. The van der Waals surface area contributed by atoms with Crippen LogP contribution in [0.2, 0.25) is 0 Å². The topological polar surface area (TPSA) is 60.5 Å². The SMILES string of the molecule is COc1ccc(NC(=O)c2cccnc2SC)c(OC)c1. The molecule has 0 saturated carbocycles. The molecule has 0 aliphatic rings. The second kappa shape index (κ2) is 6.99. The fourth-order valence-electron chi connectivity index (χ4n) is 1.82. The molecule has 0 atom stereocenters. The molecule has 0 radical (unpaired) electrons. The maximum atomic E-state index is 12.4. The van der Waals surface area contributed by atoms with Crippen LogP contribution in [0.1, 0.15) is 10.4 Å². The molecule has 0 bridgehead atoms. The Bertz CT molecular complexity index is 647. The van der Waals surface area contributed by atoms with E-state index in [1.807, 2.05) is 6.26 Å². The Kier molecular flexibility index (Phi) is 5.05. The minimum absolute atomic E-state index is 0.226. The molecule has 110 valence electrons. The van der Waals surface area contributed by atoms with E-state index in [-0.39, 0.29) is 5.91 Å². The summed E-state index contributed by atoms with van der Waals surface area (Å²) < 4.78 is 10.4. The molecular formula is C15H16N2O3S. The molecule has 1 amide bonds. The van der Waals surface area contributed by atoms with Gasteiger partial charge in [0.1, 0.15) is 16.5 Å². The smallest absolute Gasteiger partial charge is 0.258 e. The lowest BCUT2D eigenvalue weighted by molar-refractivity contribution is 0.102. The first-order valence-electron chi connectivity index (χ1n) is 6.22. The number of rotatable bonds is 5. The Morgan fingerprint density at radius 1 is 1.24 bits per heavy atom. The largest absolute Gasteiger partial charge is 0.497 e. The second-order valence-electron chi connectivity index (χ2n) is 4.08. The Morgan fingerprint density at radius 3 is 2.71 bits per heavy atom. The maximum Gasteiger partial charge on any atom is 0.258 e. The molecule has 2 rings (SSSR count). The van der Waals surface area contributed by atoms with Crippen LogP contribution in [0, 0.1) is 0 Å². The van der Waals surface area contributed by atoms with Gasteiger partial charge in [-0.2, -0.15) is 0 Å². The number of nitrogens with zero attached hydrogens (tertiary/aromatic N) is 1. The second-order valence-corrected chi connectivity index (χ2v) is 4.88. The molecule has 0 saturated heterocycles. The Balaban J connectivity index is 2.27. The first kappa shape index (κ1) is 15.2. The van der Waals surface area contributed by atoms with Crippen LogP contribution < -0.4 is 14.8 Å². The lowest BCUT2D eigenvalue weighted by atomic mass is 10.2. The van der Waals surface area contributed by atoms with Gasteiger partial charge < -0.3 is 14.8 Å². The quantitative estimate of drug-likeness (QED) is 0.860. The van der Waals surface area contributed by atoms with Crippen LogP contribution in [0.3, 0.4) is 0 Å². The van der Waals surface area contributed by atoms with Crippen LogP contribution in [0.15, 0.2) is 41.6 Å². The maximum absolute atomic E-state index is 12.4. The third kappa shape index (κ3) is 3.46. The number of nitrogens with one attached hydrogen (secondary N) is 1. The number of carbonyl (C=O) groups is 1. The predicted molar refractivity (Wildman–Crippen MR) is 83.5 cm³/mol. The van der Waals surface area contributed by atoms with Gasteiger partial charge in [-0.15, -0.1) is 11.8 Å². The highest BCUT2D eigenvalue weighted by Crippen LogP contribution is 2.29. The highest BCUT2D eigenvalue weighted by molar-refractivity contribution is 7.98. The van der Waals surface area contributed by atoms with Crippen molar-refractivity contribution in [2.24, 2.45) is 0 Å². The van der Waals surface area contributed by atoms with E-state index in [1.54, 1.807) is 50.7 Å². The van der Waals surface area contributed by atoms with Gasteiger partial charge in [-0.1, -0.05) is 0 Å². The molecule has 1 aromatic heterocycles. The first-order chi connectivity index (χ1) is 10.2. The molecule has 1 heterocycles. The Hall–Kier alpha value is -2.21. The van der Waals surface area contributed by atoms with Gasteiger partial charge in [0.15, 0.2) is 0 Å². The zero-order valence-electron chi connectivity index (χ0n) is 12.0. The van der Waals surface area contributed by atoms with Crippen LogP contribution in [-0.4, -0.2) is 31.4 Å². The van der Waals surface area contributed by atoms with Crippen molar-refractivity contribution in [3.8, 4) is 11.5 Å². The van der Waals surface area contributed by atoms with E-state index >= 15 is 0 Å². The minimum Gasteiger partial charge on any atom is -0.497 e. The molecule has 5 nitrogen and oxygen atoms in total. The zero-order valence-corrected chi connectivity index (χ0v) is 12.9. The number of hydrogen-bond donors (Lipinski definition) is 1. The van der Waals surface area contributed by atoms with Crippen molar-refractivity contribution in [1.29, 1.82) is 0 Å². The molecular weight excluding hydrogens is 288 g/mol. The summed E-state index contributed by atoms with van der Waals surface area (Å²) in [4.78, 5) is 16.5. The summed E-state index contributed by atoms with van der Waals surface area (Å²) in [5, 5.41) is 3.51. The van der Waals surface area contributed by atoms with Crippen molar-refractivity contribution >= 4 is 23.4 Å². The standard InChI is InChI=1S/C15H16N2O3S/c1-19-10-6-7-12(13(9-10)20-2)17-14(18)11-5-4-8-16-15(11)21-3/h4-9H,1-3H3,(H,17,18). The van der Waals surface area contributed by atoms with Crippen molar-refractivity contribution in [3.05, 3.63) is 42.1 Å². The number of ether oxygens (including phenoxy) is 2. The Labute approximate surface area is 127 Å². The number of carbonyl (C=O) groups excluding carboxylic acids is 1. The van der Waals surface area contributed by atoms with Gasteiger partial charge in [-0.3, -0.25) is 4.79 Å². The highest BCUT2D eigenvalue weighted by atomic mass is 32.2. The third-order valence-electron chi connectivity index (χ3n) is 2.87. The molecule has 21 heavy (non-hydrogen) atoms. The lowest BCUT2D eigenvalue weighted by Gasteiger charge is -2.12. The van der Waals surface area contributed by atoms with Gasteiger partial charge in [-0.25, -0.2) is 4.98 Å². The monoisotopic (exact) mass is 304 g/mol. The lowest BCUT2D eigenvalue weighted by Crippen LogP contribution is -2.14. The molecule has 2 aromatic rings. The number of aromatic nitrogens is 1. The van der Waals surface area contributed by atoms with Crippen LogP contribution in [0.5, 0.6) is 11.5 Å². The normalized spacial score (nSPS) is 10.0. The average molecular weight is 304 g/mol. The van der Waals surface area contributed by atoms with Crippen molar-refractivity contribution in [3.63, 3.8) is 0 Å². The summed E-state index contributed by atoms with van der Waals surface area (Å²) in [6, 6.07) is 8.69. The zero-order chi connectivity index (χ0) is 15.2. The van der Waals surface area contributed by atoms with Crippen molar-refractivity contribution in [1.82, 2.24) is 4.98 Å². The van der Waals surface area contributed by atoms with E-state index in [9.17, 15) is 4.79 Å². The number of anilines is 1.